The third kappa shape index (κ3) is 5.53. The number of ether oxygens (including phenoxy) is 2. The number of benzene rings is 2. The van der Waals surface area contributed by atoms with Crippen LogP contribution in [0.1, 0.15) is 25.2 Å². The van der Waals surface area contributed by atoms with Crippen LogP contribution in [0.15, 0.2) is 50.8 Å². The van der Waals surface area contributed by atoms with Crippen LogP contribution < -0.4 is 15.2 Å². The van der Waals surface area contributed by atoms with Crippen LogP contribution in [0.3, 0.4) is 0 Å². The molecule has 0 radical (unpaired) electrons. The maximum absolute atomic E-state index is 13.0. The van der Waals surface area contributed by atoms with E-state index in [2.05, 4.69) is 26.0 Å². The van der Waals surface area contributed by atoms with Gasteiger partial charge in [0, 0.05) is 35.9 Å². The van der Waals surface area contributed by atoms with Gasteiger partial charge in [0.1, 0.15) is 11.6 Å². The molecule has 0 aliphatic heterocycles. The van der Waals surface area contributed by atoms with Crippen LogP contribution in [0.4, 0.5) is 5.69 Å². The molecule has 2 aromatic carbocycles. The smallest absolute Gasteiger partial charge is 0.344 e. The van der Waals surface area contributed by atoms with Gasteiger partial charge < -0.3 is 14.4 Å². The maximum atomic E-state index is 13.0. The number of halogens is 1. The largest absolute Gasteiger partial charge is 0.481 e. The van der Waals surface area contributed by atoms with Crippen LogP contribution in [-0.4, -0.2) is 48.7 Å². The van der Waals surface area contributed by atoms with Crippen LogP contribution in [0.5, 0.6) is 5.75 Å². The third-order valence-electron chi connectivity index (χ3n) is 4.51. The fraction of sp³-hybridized carbons (Fsp3) is 0.304. The van der Waals surface area contributed by atoms with Gasteiger partial charge in [-0.3, -0.25) is 4.79 Å². The number of aryl methyl sites for hydroxylation is 1. The number of rotatable bonds is 7. The fourth-order valence-corrected chi connectivity index (χ4v) is 3.34. The van der Waals surface area contributed by atoms with Crippen LogP contribution >= 0.6 is 15.9 Å². The summed E-state index contributed by atoms with van der Waals surface area (Å²) in [5.74, 6) is 0.436. The number of anilines is 1. The summed E-state index contributed by atoms with van der Waals surface area (Å²) in [6.07, 6.45) is 1.29. The van der Waals surface area contributed by atoms with E-state index in [9.17, 15) is 9.59 Å². The van der Waals surface area contributed by atoms with E-state index in [1.165, 1.54) is 10.9 Å². The van der Waals surface area contributed by atoms with Crippen molar-refractivity contribution in [3.05, 3.63) is 62.6 Å². The molecule has 0 fully saturated rings. The predicted octanol–water partition coefficient (Wildman–Crippen LogP) is 3.75. The van der Waals surface area contributed by atoms with E-state index in [4.69, 9.17) is 9.47 Å². The number of fused-ring (bicyclic) bond motifs is 1. The summed E-state index contributed by atoms with van der Waals surface area (Å²) in [6, 6.07) is 10.8. The Hall–Kier alpha value is -3.20. The highest BCUT2D eigenvalue weighted by molar-refractivity contribution is 9.10. The molecule has 0 saturated heterocycles. The van der Waals surface area contributed by atoms with Crippen molar-refractivity contribution >= 4 is 44.7 Å². The third-order valence-corrected chi connectivity index (χ3v) is 5.00. The number of aromatic nitrogens is 2. The van der Waals surface area contributed by atoms with E-state index in [-0.39, 0.29) is 18.3 Å². The molecule has 0 N–H and O–H groups in total. The Balaban J connectivity index is 1.97. The lowest BCUT2D eigenvalue weighted by molar-refractivity contribution is -0.149. The van der Waals surface area contributed by atoms with E-state index >= 15 is 0 Å². The molecule has 0 spiro atoms. The summed E-state index contributed by atoms with van der Waals surface area (Å²) < 4.78 is 12.9. The minimum atomic E-state index is -0.463. The lowest BCUT2D eigenvalue weighted by Gasteiger charge is -2.16. The average Bonchev–Trinajstić information content (AvgIpc) is 2.72. The van der Waals surface area contributed by atoms with Crippen molar-refractivity contribution in [3.8, 4) is 5.75 Å². The first-order valence-corrected chi connectivity index (χ1v) is 10.8. The van der Waals surface area contributed by atoms with Crippen molar-refractivity contribution in [2.24, 2.45) is 5.10 Å². The molecule has 0 unspecified atom stereocenters. The zero-order valence-electron chi connectivity index (χ0n) is 18.6. The number of hydrogen-bond acceptors (Lipinski definition) is 7. The zero-order valence-corrected chi connectivity index (χ0v) is 20.2. The van der Waals surface area contributed by atoms with Crippen molar-refractivity contribution in [1.29, 1.82) is 0 Å². The van der Waals surface area contributed by atoms with Crippen molar-refractivity contribution in [2.45, 2.75) is 26.9 Å². The van der Waals surface area contributed by atoms with Gasteiger partial charge in [0.05, 0.1) is 23.2 Å². The Morgan fingerprint density at radius 3 is 2.69 bits per heavy atom. The minimum absolute atomic E-state index is 0.226. The molecule has 0 aliphatic rings. The predicted molar refractivity (Wildman–Crippen MR) is 129 cm³/mol. The van der Waals surface area contributed by atoms with E-state index in [1.54, 1.807) is 39.0 Å². The molecule has 3 rings (SSSR count). The second-order valence-corrected chi connectivity index (χ2v) is 8.54. The lowest BCUT2D eigenvalue weighted by atomic mass is 10.2. The standard InChI is InChI=1S/C23H25BrN4O4/c1-14(2)32-22(29)13-31-21-11-18(27(4)5)8-6-16(21)12-25-28-15(3)26-20-9-7-17(24)10-19(20)23(28)30/h6-12,14H,13H2,1-5H3. The van der Waals surface area contributed by atoms with Crippen molar-refractivity contribution in [3.63, 3.8) is 0 Å². The highest BCUT2D eigenvalue weighted by Crippen LogP contribution is 2.24. The van der Waals surface area contributed by atoms with E-state index < -0.39 is 5.97 Å². The second kappa shape index (κ2) is 9.95. The van der Waals surface area contributed by atoms with Gasteiger partial charge in [0.15, 0.2) is 6.61 Å². The molecule has 0 atom stereocenters. The average molecular weight is 501 g/mol. The molecule has 3 aromatic rings. The first kappa shape index (κ1) is 23.5. The van der Waals surface area contributed by atoms with E-state index in [0.29, 0.717) is 28.0 Å². The van der Waals surface area contributed by atoms with E-state index in [1.807, 2.05) is 37.2 Å². The summed E-state index contributed by atoms with van der Waals surface area (Å²) in [5.41, 5.74) is 1.82. The zero-order chi connectivity index (χ0) is 23.4. The first-order valence-electron chi connectivity index (χ1n) is 10.0. The van der Waals surface area contributed by atoms with Crippen molar-refractivity contribution in [1.82, 2.24) is 9.66 Å². The van der Waals surface area contributed by atoms with Gasteiger partial charge in [0.25, 0.3) is 5.56 Å². The highest BCUT2D eigenvalue weighted by atomic mass is 79.9. The molecule has 9 heteroatoms. The Kier molecular flexibility index (Phi) is 7.29. The molecule has 1 heterocycles. The van der Waals surface area contributed by atoms with Gasteiger partial charge >= 0.3 is 5.97 Å². The molecule has 0 amide bonds. The minimum Gasteiger partial charge on any atom is -0.481 e. The van der Waals surface area contributed by atoms with Gasteiger partial charge in [0.2, 0.25) is 0 Å². The van der Waals surface area contributed by atoms with Gasteiger partial charge in [-0.15, -0.1) is 0 Å². The number of esters is 1. The SMILES string of the molecule is Cc1nc2ccc(Br)cc2c(=O)n1N=Cc1ccc(N(C)C)cc1OCC(=O)OC(C)C. The Morgan fingerprint density at radius 1 is 1.25 bits per heavy atom. The molecule has 0 saturated carbocycles. The molecule has 168 valence electrons. The Labute approximate surface area is 194 Å². The molecule has 32 heavy (non-hydrogen) atoms. The summed E-state index contributed by atoms with van der Waals surface area (Å²) in [6.45, 7) is 5.03. The maximum Gasteiger partial charge on any atom is 0.344 e. The summed E-state index contributed by atoms with van der Waals surface area (Å²) in [5, 5.41) is 4.81. The molecule has 8 nitrogen and oxygen atoms in total. The number of carbonyl (C=O) groups excluding carboxylic acids is 1. The first-order chi connectivity index (χ1) is 15.2. The summed E-state index contributed by atoms with van der Waals surface area (Å²) >= 11 is 3.38. The fourth-order valence-electron chi connectivity index (χ4n) is 2.98. The highest BCUT2D eigenvalue weighted by Gasteiger charge is 2.12. The monoisotopic (exact) mass is 500 g/mol. The molecular formula is C23H25BrN4O4. The normalized spacial score (nSPS) is 11.3. The molecule has 0 aliphatic carbocycles. The topological polar surface area (TPSA) is 86.0 Å². The van der Waals surface area contributed by atoms with Gasteiger partial charge in [-0.2, -0.15) is 9.78 Å². The summed E-state index contributed by atoms with van der Waals surface area (Å²) in [4.78, 5) is 31.3. The van der Waals surface area contributed by atoms with Crippen LogP contribution in [-0.2, 0) is 9.53 Å². The summed E-state index contributed by atoms with van der Waals surface area (Å²) in [7, 11) is 3.81. The number of nitrogens with zero attached hydrogens (tertiary/aromatic N) is 4. The molecule has 1 aromatic heterocycles. The van der Waals surface area contributed by atoms with Crippen LogP contribution in [0.25, 0.3) is 10.9 Å². The Morgan fingerprint density at radius 2 is 2.00 bits per heavy atom. The second-order valence-electron chi connectivity index (χ2n) is 7.63. The Bertz CT molecular complexity index is 1230. The van der Waals surface area contributed by atoms with Crippen LogP contribution in [0.2, 0.25) is 0 Å². The molecule has 0 bridgehead atoms. The quantitative estimate of drug-likeness (QED) is 0.362. The van der Waals surface area contributed by atoms with Crippen molar-refractivity contribution in [2.75, 3.05) is 25.6 Å². The van der Waals surface area contributed by atoms with Crippen LogP contribution in [0, 0.1) is 6.92 Å². The van der Waals surface area contributed by atoms with Gasteiger partial charge in [-0.25, -0.2) is 9.78 Å². The number of carbonyl (C=O) groups is 1. The lowest BCUT2D eigenvalue weighted by Crippen LogP contribution is -2.21. The van der Waals surface area contributed by atoms with E-state index in [0.717, 1.165) is 10.2 Å². The van der Waals surface area contributed by atoms with Crippen molar-refractivity contribution < 1.29 is 14.3 Å². The number of hydrogen-bond donors (Lipinski definition) is 0. The molecular weight excluding hydrogens is 476 g/mol. The van der Waals surface area contributed by atoms with Gasteiger partial charge in [-0.05, 0) is 51.1 Å². The van der Waals surface area contributed by atoms with Gasteiger partial charge in [-0.1, -0.05) is 15.9 Å².